The van der Waals surface area contributed by atoms with Crippen molar-refractivity contribution in [3.8, 4) is 17.1 Å². The monoisotopic (exact) mass is 395 g/mol. The van der Waals surface area contributed by atoms with Crippen LogP contribution in [0.5, 0.6) is 5.75 Å². The second kappa shape index (κ2) is 8.39. The summed E-state index contributed by atoms with van der Waals surface area (Å²) in [5.74, 6) is 1.32. The zero-order valence-corrected chi connectivity index (χ0v) is 16.3. The number of rotatable bonds is 8. The van der Waals surface area contributed by atoms with Crippen LogP contribution in [0.15, 0.2) is 36.7 Å². The van der Waals surface area contributed by atoms with Crippen LogP contribution >= 0.6 is 0 Å². The highest BCUT2D eigenvalue weighted by Crippen LogP contribution is 2.32. The van der Waals surface area contributed by atoms with E-state index in [1.807, 2.05) is 35.0 Å². The first-order valence-electron chi connectivity index (χ1n) is 8.77. The van der Waals surface area contributed by atoms with Crippen LogP contribution in [0.4, 0.5) is 0 Å². The molecule has 1 aromatic carbocycles. The molecule has 8 nitrogen and oxygen atoms in total. The molecule has 0 radical (unpaired) electrons. The molecule has 1 aliphatic heterocycles. The third kappa shape index (κ3) is 4.49. The molecule has 1 aromatic heterocycles. The van der Waals surface area contributed by atoms with Crippen LogP contribution in [-0.4, -0.2) is 73.7 Å². The van der Waals surface area contributed by atoms with Gasteiger partial charge in [0.15, 0.2) is 0 Å². The SMILES string of the molecule is CN(C)S(=O)(=O)C[C@H]1COC[C@H]1n1ccnc1-c1ccc(OCCO)cc1. The Morgan fingerprint density at radius 2 is 2.04 bits per heavy atom. The van der Waals surface area contributed by atoms with Gasteiger partial charge in [-0.15, -0.1) is 0 Å². The lowest BCUT2D eigenvalue weighted by Gasteiger charge is -2.22. The van der Waals surface area contributed by atoms with Crippen molar-refractivity contribution in [2.24, 2.45) is 5.92 Å². The number of aliphatic hydroxyl groups is 1. The molecule has 0 spiro atoms. The lowest BCUT2D eigenvalue weighted by molar-refractivity contribution is 0.182. The van der Waals surface area contributed by atoms with Gasteiger partial charge in [-0.2, -0.15) is 0 Å². The first-order valence-corrected chi connectivity index (χ1v) is 10.4. The van der Waals surface area contributed by atoms with Gasteiger partial charge in [0.1, 0.15) is 18.2 Å². The molecule has 1 aliphatic rings. The van der Waals surface area contributed by atoms with Crippen molar-refractivity contribution in [2.45, 2.75) is 6.04 Å². The summed E-state index contributed by atoms with van der Waals surface area (Å²) >= 11 is 0. The average Bonchev–Trinajstić information content (AvgIpc) is 3.28. The highest BCUT2D eigenvalue weighted by atomic mass is 32.2. The Kier molecular flexibility index (Phi) is 6.15. The van der Waals surface area contributed by atoms with Gasteiger partial charge in [0.2, 0.25) is 10.0 Å². The number of imidazole rings is 1. The molecule has 3 rings (SSSR count). The van der Waals surface area contributed by atoms with Gasteiger partial charge in [-0.25, -0.2) is 17.7 Å². The minimum Gasteiger partial charge on any atom is -0.491 e. The minimum atomic E-state index is -3.31. The van der Waals surface area contributed by atoms with Gasteiger partial charge in [0.05, 0.1) is 31.6 Å². The summed E-state index contributed by atoms with van der Waals surface area (Å²) in [7, 11) is -0.225. The fraction of sp³-hybridized carbons (Fsp3) is 0.500. The van der Waals surface area contributed by atoms with Crippen LogP contribution in [0.25, 0.3) is 11.4 Å². The predicted molar refractivity (Wildman–Crippen MR) is 101 cm³/mol. The number of aliphatic hydroxyl groups excluding tert-OH is 1. The smallest absolute Gasteiger partial charge is 0.214 e. The number of nitrogens with zero attached hydrogens (tertiary/aromatic N) is 3. The minimum absolute atomic E-state index is 0.0366. The lowest BCUT2D eigenvalue weighted by atomic mass is 10.1. The number of sulfonamides is 1. The quantitative estimate of drug-likeness (QED) is 0.717. The van der Waals surface area contributed by atoms with Gasteiger partial charge < -0.3 is 19.1 Å². The van der Waals surface area contributed by atoms with Crippen LogP contribution < -0.4 is 4.74 Å². The van der Waals surface area contributed by atoms with Crippen LogP contribution in [0.2, 0.25) is 0 Å². The van der Waals surface area contributed by atoms with Crippen molar-refractivity contribution >= 4 is 10.0 Å². The summed E-state index contributed by atoms with van der Waals surface area (Å²) in [6.45, 7) is 1.07. The van der Waals surface area contributed by atoms with Crippen molar-refractivity contribution in [2.75, 3.05) is 46.3 Å². The van der Waals surface area contributed by atoms with E-state index in [4.69, 9.17) is 14.6 Å². The molecular weight excluding hydrogens is 370 g/mol. The fourth-order valence-corrected chi connectivity index (χ4v) is 4.30. The van der Waals surface area contributed by atoms with Crippen LogP contribution in [0.3, 0.4) is 0 Å². The van der Waals surface area contributed by atoms with E-state index in [-0.39, 0.29) is 30.9 Å². The summed E-state index contributed by atoms with van der Waals surface area (Å²) in [6, 6.07) is 7.34. The zero-order valence-electron chi connectivity index (χ0n) is 15.5. The molecule has 2 atom stereocenters. The topological polar surface area (TPSA) is 93.9 Å². The van der Waals surface area contributed by atoms with Gasteiger partial charge in [-0.1, -0.05) is 0 Å². The molecule has 0 saturated carbocycles. The summed E-state index contributed by atoms with van der Waals surface area (Å²) < 4.78 is 38.8. The Morgan fingerprint density at radius 1 is 1.30 bits per heavy atom. The molecule has 9 heteroatoms. The summed E-state index contributed by atoms with van der Waals surface area (Å²) in [4.78, 5) is 4.46. The zero-order chi connectivity index (χ0) is 19.4. The van der Waals surface area contributed by atoms with E-state index in [0.29, 0.717) is 19.0 Å². The van der Waals surface area contributed by atoms with Crippen molar-refractivity contribution in [1.29, 1.82) is 0 Å². The molecule has 0 unspecified atom stereocenters. The normalized spacial score (nSPS) is 20.3. The molecule has 2 aromatic rings. The average molecular weight is 395 g/mol. The van der Waals surface area contributed by atoms with Crippen molar-refractivity contribution < 1.29 is 23.0 Å². The molecule has 27 heavy (non-hydrogen) atoms. The van der Waals surface area contributed by atoms with Gasteiger partial charge in [-0.3, -0.25) is 0 Å². The molecule has 0 aliphatic carbocycles. The number of aromatic nitrogens is 2. The first kappa shape index (κ1) is 19.8. The molecule has 148 valence electrons. The van der Waals surface area contributed by atoms with E-state index in [0.717, 1.165) is 11.4 Å². The maximum atomic E-state index is 12.3. The van der Waals surface area contributed by atoms with E-state index >= 15 is 0 Å². The van der Waals surface area contributed by atoms with Gasteiger partial charge in [0, 0.05) is 38.0 Å². The number of benzene rings is 1. The molecule has 0 amide bonds. The van der Waals surface area contributed by atoms with E-state index in [1.165, 1.54) is 4.31 Å². The Bertz CT molecular complexity index is 848. The summed E-state index contributed by atoms with van der Waals surface area (Å²) in [5, 5.41) is 8.83. The molecule has 1 N–H and O–H groups in total. The Balaban J connectivity index is 1.81. The lowest BCUT2D eigenvalue weighted by Crippen LogP contribution is -2.32. The Morgan fingerprint density at radius 3 is 2.70 bits per heavy atom. The number of hydrogen-bond acceptors (Lipinski definition) is 6. The van der Waals surface area contributed by atoms with Crippen molar-refractivity contribution in [3.63, 3.8) is 0 Å². The first-order chi connectivity index (χ1) is 12.9. The van der Waals surface area contributed by atoms with Gasteiger partial charge in [0.25, 0.3) is 0 Å². The maximum Gasteiger partial charge on any atom is 0.214 e. The summed E-state index contributed by atoms with van der Waals surface area (Å²) in [5.41, 5.74) is 0.900. The second-order valence-electron chi connectivity index (χ2n) is 6.68. The van der Waals surface area contributed by atoms with E-state index in [1.54, 1.807) is 20.3 Å². The Hall–Kier alpha value is -1.94. The standard InChI is InChI=1S/C18H25N3O5S/c1-20(2)27(23,24)13-15-11-25-12-17(15)21-8-7-19-18(21)14-3-5-16(6-4-14)26-10-9-22/h3-8,15,17,22H,9-13H2,1-2H3/t15-,17-/m1/s1. The van der Waals surface area contributed by atoms with E-state index in [2.05, 4.69) is 4.98 Å². The Labute approximate surface area is 159 Å². The second-order valence-corrected chi connectivity index (χ2v) is 8.91. The molecule has 0 bridgehead atoms. The van der Waals surface area contributed by atoms with Crippen molar-refractivity contribution in [1.82, 2.24) is 13.9 Å². The van der Waals surface area contributed by atoms with E-state index < -0.39 is 10.0 Å². The molecule has 1 saturated heterocycles. The third-order valence-electron chi connectivity index (χ3n) is 4.64. The fourth-order valence-electron chi connectivity index (χ4n) is 3.14. The largest absolute Gasteiger partial charge is 0.491 e. The molecule has 2 heterocycles. The van der Waals surface area contributed by atoms with Crippen LogP contribution in [0.1, 0.15) is 6.04 Å². The number of hydrogen-bond donors (Lipinski definition) is 1. The molecular formula is C18H25N3O5S. The highest BCUT2D eigenvalue weighted by Gasteiger charge is 2.35. The van der Waals surface area contributed by atoms with Crippen molar-refractivity contribution in [3.05, 3.63) is 36.7 Å². The maximum absolute atomic E-state index is 12.3. The number of ether oxygens (including phenoxy) is 2. The van der Waals surface area contributed by atoms with Gasteiger partial charge in [-0.05, 0) is 24.3 Å². The van der Waals surface area contributed by atoms with Crippen LogP contribution in [0, 0.1) is 5.92 Å². The van der Waals surface area contributed by atoms with Gasteiger partial charge >= 0.3 is 0 Å². The highest BCUT2D eigenvalue weighted by molar-refractivity contribution is 7.89. The summed E-state index contributed by atoms with van der Waals surface area (Å²) in [6.07, 6.45) is 3.57. The predicted octanol–water partition coefficient (Wildman–Crippen LogP) is 1.00. The third-order valence-corrected chi connectivity index (χ3v) is 6.61. The van der Waals surface area contributed by atoms with E-state index in [9.17, 15) is 8.42 Å². The van der Waals surface area contributed by atoms with Crippen LogP contribution in [-0.2, 0) is 14.8 Å². The molecule has 1 fully saturated rings.